The van der Waals surface area contributed by atoms with Gasteiger partial charge in [0.05, 0.1) is 25.9 Å². The monoisotopic (exact) mass is 342 g/mol. The van der Waals surface area contributed by atoms with Crippen LogP contribution in [0.5, 0.6) is 0 Å². The number of morpholine rings is 1. The number of aliphatic hydroxyl groups is 1. The summed E-state index contributed by atoms with van der Waals surface area (Å²) in [5.41, 5.74) is 2.39. The van der Waals surface area contributed by atoms with Crippen molar-refractivity contribution in [3.05, 3.63) is 28.2 Å². The summed E-state index contributed by atoms with van der Waals surface area (Å²) in [5.74, 6) is 0. The number of aliphatic hydroxyl groups excluding tert-OH is 1. The topological polar surface area (TPSA) is 44.7 Å². The lowest BCUT2D eigenvalue weighted by Crippen LogP contribution is -2.47. The first-order chi connectivity index (χ1) is 9.67. The molecule has 1 aliphatic rings. The van der Waals surface area contributed by atoms with Crippen LogP contribution in [-0.2, 0) is 4.74 Å². The Labute approximate surface area is 129 Å². The van der Waals surface area contributed by atoms with Crippen molar-refractivity contribution in [3.63, 3.8) is 0 Å². The summed E-state index contributed by atoms with van der Waals surface area (Å²) < 4.78 is 6.53. The molecule has 0 spiro atoms. The van der Waals surface area contributed by atoms with Crippen LogP contribution in [0.25, 0.3) is 0 Å². The van der Waals surface area contributed by atoms with Crippen molar-refractivity contribution in [2.24, 2.45) is 0 Å². The van der Waals surface area contributed by atoms with Crippen molar-refractivity contribution >= 4 is 21.6 Å². The molecular weight excluding hydrogens is 320 g/mol. The summed E-state index contributed by atoms with van der Waals surface area (Å²) >= 11 is 3.67. The third-order valence-electron chi connectivity index (χ3n) is 3.73. The predicted molar refractivity (Wildman–Crippen MR) is 85.3 cm³/mol. The second-order valence-corrected chi connectivity index (χ2v) is 5.94. The van der Waals surface area contributed by atoms with Gasteiger partial charge in [-0.25, -0.2) is 0 Å². The minimum atomic E-state index is 0.0488. The van der Waals surface area contributed by atoms with Gasteiger partial charge in [0.2, 0.25) is 0 Å². The van der Waals surface area contributed by atoms with E-state index >= 15 is 0 Å². The summed E-state index contributed by atoms with van der Waals surface area (Å²) in [5, 5.41) is 12.9. The molecule has 1 aromatic rings. The Morgan fingerprint density at radius 3 is 3.00 bits per heavy atom. The van der Waals surface area contributed by atoms with Crippen LogP contribution in [0.2, 0.25) is 0 Å². The summed E-state index contributed by atoms with van der Waals surface area (Å²) in [6, 6.07) is 6.78. The molecule has 2 N–H and O–H groups in total. The Bertz CT molecular complexity index is 442. The molecule has 0 radical (unpaired) electrons. The SMILES string of the molecule is CCNC(C)c1ccc(N2CCOCC2CO)cc1Br. The molecule has 2 atom stereocenters. The lowest BCUT2D eigenvalue weighted by atomic mass is 10.1. The molecule has 0 saturated carbocycles. The van der Waals surface area contributed by atoms with Crippen molar-refractivity contribution in [3.8, 4) is 0 Å². The Morgan fingerprint density at radius 2 is 2.35 bits per heavy atom. The zero-order chi connectivity index (χ0) is 14.5. The highest BCUT2D eigenvalue weighted by molar-refractivity contribution is 9.10. The van der Waals surface area contributed by atoms with E-state index in [4.69, 9.17) is 4.74 Å². The van der Waals surface area contributed by atoms with Crippen LogP contribution in [-0.4, -0.2) is 44.1 Å². The van der Waals surface area contributed by atoms with E-state index in [1.54, 1.807) is 0 Å². The lowest BCUT2D eigenvalue weighted by molar-refractivity contribution is 0.0727. The Hall–Kier alpha value is -0.620. The number of rotatable bonds is 5. The van der Waals surface area contributed by atoms with Crippen LogP contribution in [0.1, 0.15) is 25.5 Å². The van der Waals surface area contributed by atoms with Gasteiger partial charge in [-0.15, -0.1) is 0 Å². The van der Waals surface area contributed by atoms with Crippen LogP contribution >= 0.6 is 15.9 Å². The average Bonchev–Trinajstić information content (AvgIpc) is 2.47. The number of ether oxygens (including phenoxy) is 1. The number of nitrogens with one attached hydrogen (secondary N) is 1. The fraction of sp³-hybridized carbons (Fsp3) is 0.600. The molecular formula is C15H23BrN2O2. The van der Waals surface area contributed by atoms with Gasteiger partial charge >= 0.3 is 0 Å². The normalized spacial score (nSPS) is 21.0. The van der Waals surface area contributed by atoms with E-state index in [2.05, 4.69) is 58.2 Å². The molecule has 0 aliphatic carbocycles. The van der Waals surface area contributed by atoms with Crippen LogP contribution < -0.4 is 10.2 Å². The molecule has 2 unspecified atom stereocenters. The molecule has 1 aliphatic heterocycles. The van der Waals surface area contributed by atoms with Gasteiger partial charge in [0, 0.05) is 22.7 Å². The largest absolute Gasteiger partial charge is 0.394 e. The maximum absolute atomic E-state index is 9.46. The molecule has 0 bridgehead atoms. The smallest absolute Gasteiger partial charge is 0.0755 e. The molecule has 4 nitrogen and oxygen atoms in total. The van der Waals surface area contributed by atoms with Crippen molar-refractivity contribution in [2.45, 2.75) is 25.9 Å². The third-order valence-corrected chi connectivity index (χ3v) is 4.42. The van der Waals surface area contributed by atoms with E-state index in [0.29, 0.717) is 19.3 Å². The zero-order valence-corrected chi connectivity index (χ0v) is 13.7. The highest BCUT2D eigenvalue weighted by Crippen LogP contribution is 2.29. The average molecular weight is 343 g/mol. The van der Waals surface area contributed by atoms with Gasteiger partial charge in [-0.05, 0) is 31.2 Å². The van der Waals surface area contributed by atoms with Gasteiger partial charge in [0.1, 0.15) is 0 Å². The van der Waals surface area contributed by atoms with E-state index < -0.39 is 0 Å². The van der Waals surface area contributed by atoms with Gasteiger partial charge < -0.3 is 20.1 Å². The summed E-state index contributed by atoms with van der Waals surface area (Å²) in [6.07, 6.45) is 0. The highest BCUT2D eigenvalue weighted by atomic mass is 79.9. The number of nitrogens with zero attached hydrogens (tertiary/aromatic N) is 1. The second kappa shape index (κ2) is 7.41. The minimum Gasteiger partial charge on any atom is -0.394 e. The van der Waals surface area contributed by atoms with E-state index in [9.17, 15) is 5.11 Å². The Balaban J connectivity index is 2.19. The Morgan fingerprint density at radius 1 is 1.55 bits per heavy atom. The van der Waals surface area contributed by atoms with Gasteiger partial charge in [-0.2, -0.15) is 0 Å². The molecule has 2 rings (SSSR count). The highest BCUT2D eigenvalue weighted by Gasteiger charge is 2.23. The van der Waals surface area contributed by atoms with Crippen molar-refractivity contribution in [1.29, 1.82) is 0 Å². The summed E-state index contributed by atoms with van der Waals surface area (Å²) in [4.78, 5) is 2.22. The zero-order valence-electron chi connectivity index (χ0n) is 12.1. The molecule has 20 heavy (non-hydrogen) atoms. The van der Waals surface area contributed by atoms with Crippen molar-refractivity contribution in [1.82, 2.24) is 5.32 Å². The first kappa shape index (κ1) is 15.8. The number of halogens is 1. The van der Waals surface area contributed by atoms with Crippen LogP contribution in [0, 0.1) is 0 Å². The fourth-order valence-corrected chi connectivity index (χ4v) is 3.32. The van der Waals surface area contributed by atoms with E-state index in [1.165, 1.54) is 5.56 Å². The molecule has 1 heterocycles. The maximum atomic E-state index is 9.46. The first-order valence-electron chi connectivity index (χ1n) is 7.15. The number of hydrogen-bond acceptors (Lipinski definition) is 4. The molecule has 1 saturated heterocycles. The minimum absolute atomic E-state index is 0.0488. The number of benzene rings is 1. The molecule has 1 fully saturated rings. The predicted octanol–water partition coefficient (Wildman–Crippen LogP) is 2.32. The number of anilines is 1. The van der Waals surface area contributed by atoms with Gasteiger partial charge in [0.15, 0.2) is 0 Å². The quantitative estimate of drug-likeness (QED) is 0.861. The van der Waals surface area contributed by atoms with Gasteiger partial charge in [0.25, 0.3) is 0 Å². The molecule has 112 valence electrons. The summed E-state index contributed by atoms with van der Waals surface area (Å²) in [6.45, 7) is 7.46. The Kier molecular flexibility index (Phi) is 5.84. The van der Waals surface area contributed by atoms with Crippen LogP contribution in [0.4, 0.5) is 5.69 Å². The lowest BCUT2D eigenvalue weighted by Gasteiger charge is -2.36. The standard InChI is InChI=1S/C15H23BrN2O2/c1-3-17-11(2)14-5-4-12(8-15(14)16)18-6-7-20-10-13(18)9-19/h4-5,8,11,13,17,19H,3,6-7,9-10H2,1-2H3. The first-order valence-corrected chi connectivity index (χ1v) is 7.94. The van der Waals surface area contributed by atoms with Gasteiger partial charge in [-0.1, -0.05) is 28.9 Å². The third kappa shape index (κ3) is 3.52. The van der Waals surface area contributed by atoms with Crippen LogP contribution in [0.15, 0.2) is 22.7 Å². The van der Waals surface area contributed by atoms with Crippen LogP contribution in [0.3, 0.4) is 0 Å². The summed E-state index contributed by atoms with van der Waals surface area (Å²) in [7, 11) is 0. The van der Waals surface area contributed by atoms with E-state index in [1.807, 2.05) is 0 Å². The number of hydrogen-bond donors (Lipinski definition) is 2. The van der Waals surface area contributed by atoms with E-state index in [-0.39, 0.29) is 12.6 Å². The maximum Gasteiger partial charge on any atom is 0.0755 e. The molecule has 0 amide bonds. The van der Waals surface area contributed by atoms with E-state index in [0.717, 1.165) is 23.2 Å². The fourth-order valence-electron chi connectivity index (χ4n) is 2.61. The second-order valence-electron chi connectivity index (χ2n) is 5.09. The van der Waals surface area contributed by atoms with Crippen molar-refractivity contribution in [2.75, 3.05) is 37.8 Å². The molecule has 0 aromatic heterocycles. The van der Waals surface area contributed by atoms with Gasteiger partial charge in [-0.3, -0.25) is 0 Å². The molecule has 1 aromatic carbocycles. The van der Waals surface area contributed by atoms with Crippen molar-refractivity contribution < 1.29 is 9.84 Å². The molecule has 5 heteroatoms.